The lowest BCUT2D eigenvalue weighted by Gasteiger charge is -2.07. The summed E-state index contributed by atoms with van der Waals surface area (Å²) >= 11 is 11.9. The first kappa shape index (κ1) is 20.8. The summed E-state index contributed by atoms with van der Waals surface area (Å²) in [4.78, 5) is 32.2. The molecule has 0 spiro atoms. The number of nitrogens with zero attached hydrogens (tertiary/aromatic N) is 2. The van der Waals surface area contributed by atoms with Crippen molar-refractivity contribution in [1.29, 1.82) is 0 Å². The first-order chi connectivity index (χ1) is 14.0. The van der Waals surface area contributed by atoms with E-state index in [0.29, 0.717) is 28.7 Å². The van der Waals surface area contributed by atoms with Crippen LogP contribution in [0.3, 0.4) is 0 Å². The zero-order chi connectivity index (χ0) is 20.6. The van der Waals surface area contributed by atoms with Crippen molar-refractivity contribution in [3.63, 3.8) is 0 Å². The monoisotopic (exact) mass is 429 g/mol. The number of para-hydroxylation sites is 2. The van der Waals surface area contributed by atoms with Gasteiger partial charge in [0.1, 0.15) is 0 Å². The number of benzene rings is 2. The summed E-state index contributed by atoms with van der Waals surface area (Å²) in [6.45, 7) is -0.0127. The van der Waals surface area contributed by atoms with Gasteiger partial charge < -0.3 is 10.1 Å². The maximum Gasteiger partial charge on any atom is 0.331 e. The van der Waals surface area contributed by atoms with Crippen molar-refractivity contribution in [3.8, 4) is 0 Å². The third-order valence-corrected chi connectivity index (χ3v) is 4.52. The van der Waals surface area contributed by atoms with E-state index in [1.807, 2.05) is 24.3 Å². The van der Waals surface area contributed by atoms with Gasteiger partial charge in [-0.3, -0.25) is 9.78 Å². The second kappa shape index (κ2) is 10.0. The molecule has 0 aliphatic carbocycles. The summed E-state index contributed by atoms with van der Waals surface area (Å²) in [7, 11) is 0. The molecule has 1 N–H and O–H groups in total. The molecule has 1 heterocycles. The van der Waals surface area contributed by atoms with Gasteiger partial charge in [0.05, 0.1) is 22.9 Å². The van der Waals surface area contributed by atoms with Crippen molar-refractivity contribution in [2.75, 3.05) is 13.2 Å². The number of carbonyl (C=O) groups excluding carboxylic acids is 2. The smallest absolute Gasteiger partial charge is 0.331 e. The van der Waals surface area contributed by atoms with Crippen LogP contribution < -0.4 is 5.32 Å². The largest absolute Gasteiger partial charge is 0.452 e. The van der Waals surface area contributed by atoms with E-state index in [4.69, 9.17) is 27.9 Å². The second-order valence-electron chi connectivity index (χ2n) is 6.06. The van der Waals surface area contributed by atoms with E-state index in [-0.39, 0.29) is 6.61 Å². The van der Waals surface area contributed by atoms with E-state index in [2.05, 4.69) is 15.3 Å². The fourth-order valence-corrected chi connectivity index (χ4v) is 3.01. The summed E-state index contributed by atoms with van der Waals surface area (Å²) in [5.74, 6) is -1.04. The molecule has 3 aromatic rings. The first-order valence-electron chi connectivity index (χ1n) is 8.78. The van der Waals surface area contributed by atoms with E-state index in [1.54, 1.807) is 24.4 Å². The Morgan fingerprint density at radius 3 is 2.69 bits per heavy atom. The minimum atomic E-state index is -0.643. The molecule has 0 aliphatic heterocycles. The number of rotatable bonds is 7. The number of aromatic nitrogens is 2. The Bertz CT molecular complexity index is 1070. The molecule has 1 amide bonds. The average molecular weight is 430 g/mol. The van der Waals surface area contributed by atoms with Gasteiger partial charge in [-0.2, -0.15) is 0 Å². The SMILES string of the molecule is O=C(COC(=O)C=Cc1cnc2ccccc2n1)NCCc1ccc(Cl)cc1Cl. The molecule has 0 atom stereocenters. The Morgan fingerprint density at radius 2 is 1.90 bits per heavy atom. The molecule has 0 fully saturated rings. The molecule has 29 heavy (non-hydrogen) atoms. The summed E-state index contributed by atoms with van der Waals surface area (Å²) in [5, 5.41) is 3.76. The van der Waals surface area contributed by atoms with Gasteiger partial charge in [0.15, 0.2) is 6.61 Å². The summed E-state index contributed by atoms with van der Waals surface area (Å²) < 4.78 is 4.93. The van der Waals surface area contributed by atoms with Crippen LogP contribution in [0.5, 0.6) is 0 Å². The number of nitrogens with one attached hydrogen (secondary N) is 1. The lowest BCUT2D eigenvalue weighted by Crippen LogP contribution is -2.30. The normalized spacial score (nSPS) is 11.0. The molecule has 1 aromatic heterocycles. The second-order valence-corrected chi connectivity index (χ2v) is 6.90. The molecule has 0 radical (unpaired) electrons. The summed E-state index contributed by atoms with van der Waals surface area (Å²) in [6.07, 6.45) is 4.79. The number of amides is 1. The molecule has 0 unspecified atom stereocenters. The topological polar surface area (TPSA) is 81.2 Å². The molecular weight excluding hydrogens is 413 g/mol. The molecule has 2 aromatic carbocycles. The van der Waals surface area contributed by atoms with Gasteiger partial charge in [-0.1, -0.05) is 41.4 Å². The minimum Gasteiger partial charge on any atom is -0.452 e. The van der Waals surface area contributed by atoms with Crippen LogP contribution in [0, 0.1) is 0 Å². The Kier molecular flexibility index (Phi) is 7.16. The number of ether oxygens (including phenoxy) is 1. The standard InChI is InChI=1S/C21H17Cl2N3O3/c22-15-6-5-14(17(23)11-15)9-10-24-20(27)13-29-21(28)8-7-16-12-25-18-3-1-2-4-19(18)26-16/h1-8,11-12H,9-10,13H2,(H,24,27). The van der Waals surface area contributed by atoms with Gasteiger partial charge in [-0.05, 0) is 42.3 Å². The highest BCUT2D eigenvalue weighted by Crippen LogP contribution is 2.21. The third kappa shape index (κ3) is 6.27. The molecule has 6 nitrogen and oxygen atoms in total. The lowest BCUT2D eigenvalue weighted by molar-refractivity contribution is -0.143. The Labute approximate surface area is 177 Å². The molecule has 0 saturated heterocycles. The Balaban J connectivity index is 1.42. The van der Waals surface area contributed by atoms with Crippen molar-refractivity contribution in [1.82, 2.24) is 15.3 Å². The van der Waals surface area contributed by atoms with Crippen LogP contribution >= 0.6 is 23.2 Å². The summed E-state index contributed by atoms with van der Waals surface area (Å²) in [6, 6.07) is 12.6. The van der Waals surface area contributed by atoms with Gasteiger partial charge >= 0.3 is 5.97 Å². The quantitative estimate of drug-likeness (QED) is 0.455. The Hall–Kier alpha value is -2.96. The van der Waals surface area contributed by atoms with Gasteiger partial charge in [0.25, 0.3) is 5.91 Å². The number of esters is 1. The van der Waals surface area contributed by atoms with Crippen molar-refractivity contribution >= 4 is 52.2 Å². The third-order valence-electron chi connectivity index (χ3n) is 3.93. The average Bonchev–Trinajstić information content (AvgIpc) is 2.72. The number of hydrogen-bond acceptors (Lipinski definition) is 5. The van der Waals surface area contributed by atoms with Gasteiger partial charge in [0.2, 0.25) is 0 Å². The predicted octanol–water partition coefficient (Wildman–Crippen LogP) is 3.85. The lowest BCUT2D eigenvalue weighted by atomic mass is 10.1. The van der Waals surface area contributed by atoms with E-state index in [1.165, 1.54) is 12.2 Å². The zero-order valence-electron chi connectivity index (χ0n) is 15.3. The zero-order valence-corrected chi connectivity index (χ0v) is 16.8. The van der Waals surface area contributed by atoms with Crippen molar-refractivity contribution < 1.29 is 14.3 Å². The van der Waals surface area contributed by atoms with Crippen molar-refractivity contribution in [2.45, 2.75) is 6.42 Å². The van der Waals surface area contributed by atoms with Crippen LogP contribution in [0.15, 0.2) is 54.7 Å². The number of carbonyl (C=O) groups is 2. The van der Waals surface area contributed by atoms with Crippen LogP contribution in [0.1, 0.15) is 11.3 Å². The molecule has 148 valence electrons. The van der Waals surface area contributed by atoms with Crippen molar-refractivity contribution in [3.05, 3.63) is 76.0 Å². The molecule has 0 bridgehead atoms. The van der Waals surface area contributed by atoms with Gasteiger partial charge in [-0.15, -0.1) is 0 Å². The van der Waals surface area contributed by atoms with Crippen LogP contribution in [-0.2, 0) is 20.7 Å². The molecule has 8 heteroatoms. The number of halogens is 2. The maximum atomic E-state index is 11.8. The molecule has 3 rings (SSSR count). The van der Waals surface area contributed by atoms with Crippen LogP contribution in [0.4, 0.5) is 0 Å². The summed E-state index contributed by atoms with van der Waals surface area (Å²) in [5.41, 5.74) is 2.88. The van der Waals surface area contributed by atoms with Crippen LogP contribution in [-0.4, -0.2) is 35.0 Å². The van der Waals surface area contributed by atoms with E-state index < -0.39 is 11.9 Å². The van der Waals surface area contributed by atoms with Crippen LogP contribution in [0.2, 0.25) is 10.0 Å². The number of hydrogen-bond donors (Lipinski definition) is 1. The highest BCUT2D eigenvalue weighted by molar-refractivity contribution is 6.35. The molecule has 0 aliphatic rings. The van der Waals surface area contributed by atoms with Gasteiger partial charge in [0, 0.05) is 22.7 Å². The first-order valence-corrected chi connectivity index (χ1v) is 9.54. The van der Waals surface area contributed by atoms with E-state index in [9.17, 15) is 9.59 Å². The fraction of sp³-hybridized carbons (Fsp3) is 0.143. The van der Waals surface area contributed by atoms with Crippen LogP contribution in [0.25, 0.3) is 17.1 Å². The Morgan fingerprint density at radius 1 is 1.10 bits per heavy atom. The number of fused-ring (bicyclic) bond motifs is 1. The maximum absolute atomic E-state index is 11.8. The molecule has 0 saturated carbocycles. The molecular formula is C21H17Cl2N3O3. The minimum absolute atomic E-state index is 0.361. The van der Waals surface area contributed by atoms with Crippen molar-refractivity contribution in [2.24, 2.45) is 0 Å². The van der Waals surface area contributed by atoms with E-state index in [0.717, 1.165) is 16.6 Å². The predicted molar refractivity (Wildman–Crippen MR) is 113 cm³/mol. The highest BCUT2D eigenvalue weighted by Gasteiger charge is 2.06. The highest BCUT2D eigenvalue weighted by atomic mass is 35.5. The van der Waals surface area contributed by atoms with Gasteiger partial charge in [-0.25, -0.2) is 9.78 Å². The fourth-order valence-electron chi connectivity index (χ4n) is 2.50. The van der Waals surface area contributed by atoms with E-state index >= 15 is 0 Å².